The Morgan fingerprint density at radius 2 is 1.76 bits per heavy atom. The summed E-state index contributed by atoms with van der Waals surface area (Å²) in [6, 6.07) is 12.8. The Hall–Kier alpha value is -3.13. The number of rotatable bonds is 13. The molecular weight excluding hydrogens is 429 g/mol. The number of carboxylic acids is 1. The molecule has 2 aromatic carbocycles. The molecule has 0 spiro atoms. The van der Waals surface area contributed by atoms with Crippen LogP contribution in [0.15, 0.2) is 48.5 Å². The van der Waals surface area contributed by atoms with Crippen molar-refractivity contribution < 1.29 is 33.3 Å². The summed E-state index contributed by atoms with van der Waals surface area (Å²) in [5.74, 6) is -0.733. The largest absolute Gasteiger partial charge is 0.492 e. The van der Waals surface area contributed by atoms with Crippen molar-refractivity contribution in [2.45, 2.75) is 39.7 Å². The summed E-state index contributed by atoms with van der Waals surface area (Å²) in [6.07, 6.45) is -0.493. The van der Waals surface area contributed by atoms with Crippen molar-refractivity contribution in [3.63, 3.8) is 0 Å². The van der Waals surface area contributed by atoms with E-state index in [1.54, 1.807) is 37.3 Å². The lowest BCUT2D eigenvalue weighted by Crippen LogP contribution is -2.38. The Bertz CT molecular complexity index is 887. The molecule has 0 fully saturated rings. The number of aliphatic carboxylic acids is 1. The van der Waals surface area contributed by atoms with E-state index in [1.807, 2.05) is 0 Å². The van der Waals surface area contributed by atoms with Gasteiger partial charge in [-0.2, -0.15) is 0 Å². The Morgan fingerprint density at radius 1 is 1.06 bits per heavy atom. The van der Waals surface area contributed by atoms with Crippen molar-refractivity contribution in [3.8, 4) is 11.5 Å². The van der Waals surface area contributed by atoms with Crippen LogP contribution in [-0.4, -0.2) is 54.5 Å². The predicted molar refractivity (Wildman–Crippen MR) is 122 cm³/mol. The number of hydrogen-bond acceptors (Lipinski definition) is 5. The predicted octanol–water partition coefficient (Wildman–Crippen LogP) is 4.78. The van der Waals surface area contributed by atoms with E-state index in [9.17, 15) is 19.1 Å². The van der Waals surface area contributed by atoms with E-state index in [1.165, 1.54) is 23.1 Å². The van der Waals surface area contributed by atoms with Crippen LogP contribution in [0.3, 0.4) is 0 Å². The average molecular weight is 462 g/mol. The lowest BCUT2D eigenvalue weighted by molar-refractivity contribution is -0.149. The number of carbonyl (C=O) groups excluding carboxylic acids is 1. The molecule has 2 aromatic rings. The van der Waals surface area contributed by atoms with Gasteiger partial charge in [0.2, 0.25) is 0 Å². The highest BCUT2D eigenvalue weighted by Crippen LogP contribution is 2.18. The second-order valence-electron chi connectivity index (χ2n) is 7.95. The third kappa shape index (κ3) is 9.10. The van der Waals surface area contributed by atoms with Crippen LogP contribution in [0.1, 0.15) is 32.8 Å². The molecule has 0 saturated heterocycles. The summed E-state index contributed by atoms with van der Waals surface area (Å²) < 4.78 is 30.1. The zero-order chi connectivity index (χ0) is 24.2. The van der Waals surface area contributed by atoms with Crippen LogP contribution in [0, 0.1) is 11.7 Å². The monoisotopic (exact) mass is 461 g/mol. The average Bonchev–Trinajstić information content (AvgIpc) is 2.78. The van der Waals surface area contributed by atoms with Crippen molar-refractivity contribution in [1.82, 2.24) is 4.90 Å². The van der Waals surface area contributed by atoms with Gasteiger partial charge in [-0.25, -0.2) is 14.0 Å². The maximum absolute atomic E-state index is 13.8. The minimum atomic E-state index is -0.999. The second kappa shape index (κ2) is 13.4. The lowest BCUT2D eigenvalue weighted by Gasteiger charge is -2.23. The van der Waals surface area contributed by atoms with Gasteiger partial charge in [0.15, 0.2) is 17.7 Å². The molecular formula is C25H32FNO6. The van der Waals surface area contributed by atoms with Crippen LogP contribution < -0.4 is 9.47 Å². The Balaban J connectivity index is 1.92. The number of benzene rings is 2. The summed E-state index contributed by atoms with van der Waals surface area (Å²) in [5.41, 5.74) is 0.815. The first-order valence-corrected chi connectivity index (χ1v) is 11.1. The molecule has 1 unspecified atom stereocenters. The molecule has 0 aliphatic rings. The Labute approximate surface area is 194 Å². The van der Waals surface area contributed by atoms with E-state index in [4.69, 9.17) is 14.2 Å². The smallest absolute Gasteiger partial charge is 0.415 e. The van der Waals surface area contributed by atoms with Gasteiger partial charge >= 0.3 is 12.1 Å². The van der Waals surface area contributed by atoms with E-state index in [2.05, 4.69) is 13.8 Å². The summed E-state index contributed by atoms with van der Waals surface area (Å²) in [4.78, 5) is 25.3. The highest BCUT2D eigenvalue weighted by molar-refractivity contribution is 5.72. The van der Waals surface area contributed by atoms with E-state index in [0.29, 0.717) is 24.8 Å². The van der Waals surface area contributed by atoms with Crippen LogP contribution in [-0.2, 0) is 16.0 Å². The van der Waals surface area contributed by atoms with Gasteiger partial charge in [0.25, 0.3) is 0 Å². The van der Waals surface area contributed by atoms with Gasteiger partial charge in [0, 0.05) is 19.6 Å². The topological polar surface area (TPSA) is 85.3 Å². The van der Waals surface area contributed by atoms with Crippen LogP contribution in [0.2, 0.25) is 0 Å². The number of para-hydroxylation sites is 1. The van der Waals surface area contributed by atoms with Crippen molar-refractivity contribution in [3.05, 3.63) is 59.9 Å². The number of carbonyl (C=O) groups is 2. The fourth-order valence-electron chi connectivity index (χ4n) is 3.02. The van der Waals surface area contributed by atoms with Crippen LogP contribution in [0.4, 0.5) is 9.18 Å². The molecule has 1 atom stereocenters. The van der Waals surface area contributed by atoms with Crippen molar-refractivity contribution >= 4 is 12.1 Å². The highest BCUT2D eigenvalue weighted by atomic mass is 19.1. The first-order chi connectivity index (χ1) is 15.8. The number of hydrogen-bond donors (Lipinski definition) is 1. The fraction of sp³-hybridized carbons (Fsp3) is 0.440. The van der Waals surface area contributed by atoms with Gasteiger partial charge < -0.3 is 24.2 Å². The molecule has 7 nitrogen and oxygen atoms in total. The quantitative estimate of drug-likeness (QED) is 0.462. The minimum absolute atomic E-state index is 0.111. The number of ether oxygens (including phenoxy) is 3. The summed E-state index contributed by atoms with van der Waals surface area (Å²) in [6.45, 7) is 7.14. The van der Waals surface area contributed by atoms with Crippen LogP contribution in [0.5, 0.6) is 11.5 Å². The standard InChI is InChI=1S/C25H32FNO6/c1-4-31-23(24(28)29)17-19-9-11-20(12-10-19)32-16-15-27(14-13-18(2)3)25(30)33-22-8-6-5-7-21(22)26/h5-12,18,23H,4,13-17H2,1-3H3,(H,28,29). The molecule has 1 N–H and O–H groups in total. The second-order valence-corrected chi connectivity index (χ2v) is 7.95. The summed E-state index contributed by atoms with van der Waals surface area (Å²) in [5, 5.41) is 9.21. The normalized spacial score (nSPS) is 11.8. The first-order valence-electron chi connectivity index (χ1n) is 11.1. The SMILES string of the molecule is CCOC(Cc1ccc(OCCN(CCC(C)C)C(=O)Oc2ccccc2F)cc1)C(=O)O. The van der Waals surface area contributed by atoms with E-state index >= 15 is 0 Å². The molecule has 33 heavy (non-hydrogen) atoms. The van der Waals surface area contributed by atoms with Crippen molar-refractivity contribution in [1.29, 1.82) is 0 Å². The highest BCUT2D eigenvalue weighted by Gasteiger charge is 2.19. The molecule has 0 aromatic heterocycles. The van der Waals surface area contributed by atoms with Gasteiger partial charge in [0.05, 0.1) is 6.54 Å². The third-order valence-corrected chi connectivity index (χ3v) is 4.89. The van der Waals surface area contributed by atoms with E-state index < -0.39 is 24.0 Å². The number of amides is 1. The molecule has 0 bridgehead atoms. The van der Waals surface area contributed by atoms with Gasteiger partial charge in [-0.15, -0.1) is 0 Å². The number of halogens is 1. The van der Waals surface area contributed by atoms with E-state index in [0.717, 1.165) is 12.0 Å². The molecule has 0 aliphatic heterocycles. The molecule has 2 rings (SSSR count). The number of nitrogens with zero attached hydrogens (tertiary/aromatic N) is 1. The molecule has 0 aliphatic carbocycles. The minimum Gasteiger partial charge on any atom is -0.492 e. The van der Waals surface area contributed by atoms with Gasteiger partial charge in [-0.05, 0) is 49.1 Å². The molecule has 1 amide bonds. The van der Waals surface area contributed by atoms with Crippen LogP contribution in [0.25, 0.3) is 0 Å². The lowest BCUT2D eigenvalue weighted by atomic mass is 10.1. The maximum atomic E-state index is 13.8. The molecule has 0 saturated carbocycles. The van der Waals surface area contributed by atoms with Crippen molar-refractivity contribution in [2.24, 2.45) is 5.92 Å². The first kappa shape index (κ1) is 26.1. The zero-order valence-electron chi connectivity index (χ0n) is 19.3. The molecule has 8 heteroatoms. The zero-order valence-corrected chi connectivity index (χ0v) is 19.3. The summed E-state index contributed by atoms with van der Waals surface area (Å²) >= 11 is 0. The third-order valence-electron chi connectivity index (χ3n) is 4.89. The Kier molecular flexibility index (Phi) is 10.6. The molecule has 0 heterocycles. The van der Waals surface area contributed by atoms with E-state index in [-0.39, 0.29) is 25.3 Å². The maximum Gasteiger partial charge on any atom is 0.415 e. The molecule has 180 valence electrons. The fourth-order valence-corrected chi connectivity index (χ4v) is 3.02. The van der Waals surface area contributed by atoms with Gasteiger partial charge in [-0.3, -0.25) is 0 Å². The van der Waals surface area contributed by atoms with Gasteiger partial charge in [-0.1, -0.05) is 38.1 Å². The summed E-state index contributed by atoms with van der Waals surface area (Å²) in [7, 11) is 0. The molecule has 0 radical (unpaired) electrons. The Morgan fingerprint density at radius 3 is 2.36 bits per heavy atom. The van der Waals surface area contributed by atoms with Crippen molar-refractivity contribution in [2.75, 3.05) is 26.3 Å². The van der Waals surface area contributed by atoms with Crippen LogP contribution >= 0.6 is 0 Å². The number of carboxylic acid groups (broad SMARTS) is 1. The van der Waals surface area contributed by atoms with Gasteiger partial charge in [0.1, 0.15) is 12.4 Å².